The molecular formula is C26H32O2Si. The summed E-state index contributed by atoms with van der Waals surface area (Å²) in [6, 6.07) is 21.0. The lowest BCUT2D eigenvalue weighted by Gasteiger charge is -2.42. The number of benzene rings is 2. The number of allylic oxidation sites excluding steroid dienone is 3. The molecule has 1 N–H and O–H groups in total. The van der Waals surface area contributed by atoms with Crippen molar-refractivity contribution in [2.45, 2.75) is 44.8 Å². The van der Waals surface area contributed by atoms with Gasteiger partial charge >= 0.3 is 0 Å². The minimum atomic E-state index is -2.56. The van der Waals surface area contributed by atoms with Gasteiger partial charge in [-0.3, -0.25) is 0 Å². The molecule has 152 valence electrons. The van der Waals surface area contributed by atoms with Crippen molar-refractivity contribution in [2.24, 2.45) is 0 Å². The van der Waals surface area contributed by atoms with Gasteiger partial charge in [0.05, 0.1) is 6.61 Å². The molecule has 0 bridgehead atoms. The zero-order valence-electron chi connectivity index (χ0n) is 17.8. The molecule has 0 aliphatic carbocycles. The molecule has 0 aliphatic heterocycles. The summed E-state index contributed by atoms with van der Waals surface area (Å²) in [5, 5.41) is 12.5. The molecule has 2 nitrogen and oxygen atoms in total. The quantitative estimate of drug-likeness (QED) is 0.400. The van der Waals surface area contributed by atoms with E-state index in [0.29, 0.717) is 13.0 Å². The highest BCUT2D eigenvalue weighted by Crippen LogP contribution is 2.36. The second-order valence-electron chi connectivity index (χ2n) is 8.03. The van der Waals surface area contributed by atoms with E-state index in [1.807, 2.05) is 24.3 Å². The van der Waals surface area contributed by atoms with Crippen LogP contribution in [0.3, 0.4) is 0 Å². The van der Waals surface area contributed by atoms with Crippen molar-refractivity contribution in [2.75, 3.05) is 6.61 Å². The molecule has 0 fully saturated rings. The summed E-state index contributed by atoms with van der Waals surface area (Å²) < 4.78 is 6.69. The summed E-state index contributed by atoms with van der Waals surface area (Å²) in [4.78, 5) is 0. The molecule has 0 aliphatic rings. The van der Waals surface area contributed by atoms with E-state index in [2.05, 4.69) is 87.7 Å². The van der Waals surface area contributed by atoms with Crippen molar-refractivity contribution in [1.82, 2.24) is 0 Å². The van der Waals surface area contributed by atoms with Crippen LogP contribution in [0, 0.1) is 11.8 Å². The van der Waals surface area contributed by atoms with Gasteiger partial charge < -0.3 is 9.53 Å². The van der Waals surface area contributed by atoms with Crippen LogP contribution in [0.5, 0.6) is 0 Å². The lowest BCUT2D eigenvalue weighted by Crippen LogP contribution is -2.66. The maximum absolute atomic E-state index is 10.1. The largest absolute Gasteiger partial charge is 0.396 e. The first-order chi connectivity index (χ1) is 13.9. The van der Waals surface area contributed by atoms with Gasteiger partial charge in [0.1, 0.15) is 6.10 Å². The molecule has 0 spiro atoms. The molecule has 0 aromatic heterocycles. The standard InChI is InChI=1S/C26H32O2Si/c1-5-6-7-10-16-23(27)17-15-22-28-29(26(2,3)4,24-18-11-8-12-19-24)25-20-13-9-14-21-25/h5-9,11-14,18-21,23,27H,1,10,16,22H2,2-4H3/b7-6+. The maximum Gasteiger partial charge on any atom is 0.262 e. The predicted octanol–water partition coefficient (Wildman–Crippen LogP) is 4.45. The highest BCUT2D eigenvalue weighted by molar-refractivity contribution is 6.99. The maximum atomic E-state index is 10.1. The third-order valence-electron chi connectivity index (χ3n) is 4.93. The van der Waals surface area contributed by atoms with E-state index in [1.54, 1.807) is 6.08 Å². The summed E-state index contributed by atoms with van der Waals surface area (Å²) in [5.41, 5.74) is 0. The van der Waals surface area contributed by atoms with Gasteiger partial charge in [0.25, 0.3) is 8.32 Å². The summed E-state index contributed by atoms with van der Waals surface area (Å²) in [6.45, 7) is 10.7. The van der Waals surface area contributed by atoms with Crippen LogP contribution in [-0.4, -0.2) is 26.1 Å². The Morgan fingerprint density at radius 3 is 2.07 bits per heavy atom. The third kappa shape index (κ3) is 6.05. The van der Waals surface area contributed by atoms with Crippen molar-refractivity contribution in [3.05, 3.63) is 85.5 Å². The van der Waals surface area contributed by atoms with Gasteiger partial charge in [0.2, 0.25) is 0 Å². The fourth-order valence-electron chi connectivity index (χ4n) is 3.58. The molecule has 3 heteroatoms. The SMILES string of the molecule is C=C/C=C/CCC(O)C#CCO[Si](c1ccccc1)(c1ccccc1)C(C)(C)C. The normalized spacial score (nSPS) is 13.0. The smallest absolute Gasteiger partial charge is 0.262 e. The van der Waals surface area contributed by atoms with Crippen molar-refractivity contribution < 1.29 is 9.53 Å². The molecular weight excluding hydrogens is 372 g/mol. The van der Waals surface area contributed by atoms with Crippen LogP contribution < -0.4 is 10.4 Å². The Labute approximate surface area is 177 Å². The zero-order chi connectivity index (χ0) is 21.2. The van der Waals surface area contributed by atoms with Crippen LogP contribution in [0.25, 0.3) is 0 Å². The first kappa shape index (κ1) is 22.9. The zero-order valence-corrected chi connectivity index (χ0v) is 18.8. The Bertz CT molecular complexity index is 800. The average molecular weight is 405 g/mol. The second kappa shape index (κ2) is 11.0. The van der Waals surface area contributed by atoms with Crippen LogP contribution in [0.1, 0.15) is 33.6 Å². The average Bonchev–Trinajstić information content (AvgIpc) is 2.72. The van der Waals surface area contributed by atoms with E-state index in [0.717, 1.165) is 6.42 Å². The van der Waals surface area contributed by atoms with Crippen LogP contribution in [0.15, 0.2) is 85.5 Å². The Balaban J connectivity index is 2.27. The van der Waals surface area contributed by atoms with E-state index in [9.17, 15) is 5.11 Å². The summed E-state index contributed by atoms with van der Waals surface area (Å²) in [5.74, 6) is 5.99. The van der Waals surface area contributed by atoms with E-state index in [1.165, 1.54) is 10.4 Å². The predicted molar refractivity (Wildman–Crippen MR) is 126 cm³/mol. The molecule has 0 amide bonds. The van der Waals surface area contributed by atoms with Gasteiger partial charge in [-0.1, -0.05) is 118 Å². The van der Waals surface area contributed by atoms with Crippen LogP contribution in [-0.2, 0) is 4.43 Å². The Morgan fingerprint density at radius 1 is 1.03 bits per heavy atom. The molecule has 0 saturated carbocycles. The lowest BCUT2D eigenvalue weighted by molar-refractivity contribution is 0.223. The first-order valence-electron chi connectivity index (χ1n) is 10.1. The molecule has 2 aromatic rings. The molecule has 1 unspecified atom stereocenters. The van der Waals surface area contributed by atoms with E-state index in [-0.39, 0.29) is 5.04 Å². The molecule has 0 radical (unpaired) electrons. The monoisotopic (exact) mass is 404 g/mol. The van der Waals surface area contributed by atoms with Gasteiger partial charge in [-0.05, 0) is 28.3 Å². The topological polar surface area (TPSA) is 29.5 Å². The highest BCUT2D eigenvalue weighted by Gasteiger charge is 2.49. The van der Waals surface area contributed by atoms with Gasteiger partial charge in [-0.25, -0.2) is 0 Å². The fraction of sp³-hybridized carbons (Fsp3) is 0.308. The molecule has 0 saturated heterocycles. The summed E-state index contributed by atoms with van der Waals surface area (Å²) in [6.07, 6.45) is 6.33. The summed E-state index contributed by atoms with van der Waals surface area (Å²) in [7, 11) is -2.56. The van der Waals surface area contributed by atoms with Gasteiger partial charge in [0, 0.05) is 0 Å². The van der Waals surface area contributed by atoms with Crippen molar-refractivity contribution in [3.8, 4) is 11.8 Å². The number of hydrogen-bond donors (Lipinski definition) is 1. The first-order valence-corrected chi connectivity index (χ1v) is 12.0. The Kier molecular flexibility index (Phi) is 8.66. The lowest BCUT2D eigenvalue weighted by atomic mass is 10.2. The third-order valence-corrected chi connectivity index (χ3v) is 9.91. The van der Waals surface area contributed by atoms with Gasteiger partial charge in [-0.2, -0.15) is 0 Å². The van der Waals surface area contributed by atoms with Crippen molar-refractivity contribution in [1.29, 1.82) is 0 Å². The number of aliphatic hydroxyl groups excluding tert-OH is 1. The molecule has 2 rings (SSSR count). The van der Waals surface area contributed by atoms with Crippen LogP contribution >= 0.6 is 0 Å². The van der Waals surface area contributed by atoms with Crippen molar-refractivity contribution in [3.63, 3.8) is 0 Å². The number of hydrogen-bond acceptors (Lipinski definition) is 2. The van der Waals surface area contributed by atoms with Crippen molar-refractivity contribution >= 4 is 18.7 Å². The van der Waals surface area contributed by atoms with Crippen LogP contribution in [0.4, 0.5) is 0 Å². The Morgan fingerprint density at radius 2 is 1.59 bits per heavy atom. The second-order valence-corrected chi connectivity index (χ2v) is 12.3. The number of rotatable bonds is 8. The van der Waals surface area contributed by atoms with E-state index >= 15 is 0 Å². The molecule has 29 heavy (non-hydrogen) atoms. The molecule has 1 atom stereocenters. The minimum absolute atomic E-state index is 0.0779. The van der Waals surface area contributed by atoms with E-state index in [4.69, 9.17) is 4.43 Å². The fourth-order valence-corrected chi connectivity index (χ4v) is 8.03. The highest BCUT2D eigenvalue weighted by atomic mass is 28.4. The Hall–Kier alpha value is -2.38. The molecule has 0 heterocycles. The van der Waals surface area contributed by atoms with Gasteiger partial charge in [0.15, 0.2) is 0 Å². The van der Waals surface area contributed by atoms with Crippen LogP contribution in [0.2, 0.25) is 5.04 Å². The van der Waals surface area contributed by atoms with Gasteiger partial charge in [-0.15, -0.1) is 0 Å². The summed E-state index contributed by atoms with van der Waals surface area (Å²) >= 11 is 0. The minimum Gasteiger partial charge on any atom is -0.396 e. The molecule has 2 aromatic carbocycles. The number of aliphatic hydroxyl groups is 1. The van der Waals surface area contributed by atoms with E-state index < -0.39 is 14.4 Å².